The van der Waals surface area contributed by atoms with Gasteiger partial charge in [0.2, 0.25) is 0 Å². The van der Waals surface area contributed by atoms with E-state index in [0.29, 0.717) is 6.54 Å². The van der Waals surface area contributed by atoms with Gasteiger partial charge in [0.05, 0.1) is 12.1 Å². The Bertz CT molecular complexity index is 343. The van der Waals surface area contributed by atoms with E-state index in [1.54, 1.807) is 11.3 Å². The molecule has 0 aliphatic carbocycles. The number of nitrogens with zero attached hydrogens (tertiary/aromatic N) is 2. The number of aromatic nitrogens is 1. The average molecular weight is 242 g/mol. The molecular weight excluding hydrogens is 224 g/mol. The van der Waals surface area contributed by atoms with E-state index in [1.807, 2.05) is 13.8 Å². The van der Waals surface area contributed by atoms with Gasteiger partial charge < -0.3 is 10.0 Å². The van der Waals surface area contributed by atoms with Crippen LogP contribution in [0.15, 0.2) is 0 Å². The first-order valence-electron chi connectivity index (χ1n) is 5.45. The molecular formula is C11H18N2O2S. The highest BCUT2D eigenvalue weighted by molar-refractivity contribution is 7.15. The number of hydrogen-bond donors (Lipinski definition) is 1. The third-order valence-electron chi connectivity index (χ3n) is 2.38. The molecule has 0 amide bonds. The van der Waals surface area contributed by atoms with Crippen molar-refractivity contribution in [3.63, 3.8) is 0 Å². The van der Waals surface area contributed by atoms with E-state index in [9.17, 15) is 4.79 Å². The summed E-state index contributed by atoms with van der Waals surface area (Å²) < 4.78 is 0. The zero-order valence-electron chi connectivity index (χ0n) is 9.99. The van der Waals surface area contributed by atoms with Crippen LogP contribution in [0.4, 0.5) is 5.13 Å². The lowest BCUT2D eigenvalue weighted by atomic mass is 10.3. The van der Waals surface area contributed by atoms with E-state index in [4.69, 9.17) is 5.11 Å². The second-order valence-electron chi connectivity index (χ2n) is 3.77. The summed E-state index contributed by atoms with van der Waals surface area (Å²) in [5.74, 6) is -0.758. The van der Waals surface area contributed by atoms with Gasteiger partial charge in [-0.2, -0.15) is 0 Å². The first-order chi connectivity index (χ1) is 7.54. The van der Waals surface area contributed by atoms with Gasteiger partial charge in [0.25, 0.3) is 0 Å². The molecule has 0 aliphatic heterocycles. The maximum Gasteiger partial charge on any atom is 0.305 e. The lowest BCUT2D eigenvalue weighted by molar-refractivity contribution is -0.136. The summed E-state index contributed by atoms with van der Waals surface area (Å²) in [5.41, 5.74) is 1.04. The van der Waals surface area contributed by atoms with Crippen molar-refractivity contribution in [3.8, 4) is 0 Å². The van der Waals surface area contributed by atoms with Crippen LogP contribution in [0.1, 0.15) is 30.3 Å². The minimum Gasteiger partial charge on any atom is -0.481 e. The van der Waals surface area contributed by atoms with E-state index >= 15 is 0 Å². The van der Waals surface area contributed by atoms with Gasteiger partial charge in [0, 0.05) is 18.0 Å². The summed E-state index contributed by atoms with van der Waals surface area (Å²) in [4.78, 5) is 18.3. The number of aryl methyl sites for hydroxylation is 2. The molecule has 0 unspecified atom stereocenters. The molecule has 16 heavy (non-hydrogen) atoms. The van der Waals surface area contributed by atoms with Gasteiger partial charge in [-0.1, -0.05) is 6.92 Å². The third-order valence-corrected chi connectivity index (χ3v) is 3.51. The Kier molecular flexibility index (Phi) is 4.73. The van der Waals surface area contributed by atoms with Crippen LogP contribution in [0.2, 0.25) is 0 Å². The van der Waals surface area contributed by atoms with E-state index in [-0.39, 0.29) is 6.42 Å². The summed E-state index contributed by atoms with van der Waals surface area (Å²) >= 11 is 1.64. The van der Waals surface area contributed by atoms with Gasteiger partial charge in [-0.05, 0) is 20.3 Å². The third kappa shape index (κ3) is 3.48. The van der Waals surface area contributed by atoms with E-state index in [1.165, 1.54) is 4.88 Å². The number of anilines is 1. The minimum atomic E-state index is -0.758. The van der Waals surface area contributed by atoms with Crippen molar-refractivity contribution in [2.45, 2.75) is 33.6 Å². The fourth-order valence-corrected chi connectivity index (χ4v) is 2.36. The van der Waals surface area contributed by atoms with E-state index in [2.05, 4.69) is 16.8 Å². The Labute approximate surface area is 99.9 Å². The standard InChI is InChI=1S/C11H18N2O2S/c1-4-6-13(7-5-10(14)15)11-12-8(2)9(3)16-11/h4-7H2,1-3H3,(H,14,15). The normalized spacial score (nSPS) is 10.4. The number of hydrogen-bond acceptors (Lipinski definition) is 4. The number of carboxylic acid groups (broad SMARTS) is 1. The highest BCUT2D eigenvalue weighted by atomic mass is 32.1. The van der Waals surface area contributed by atoms with Crippen LogP contribution in [-0.2, 0) is 4.79 Å². The second kappa shape index (κ2) is 5.84. The van der Waals surface area contributed by atoms with Crippen LogP contribution in [0.5, 0.6) is 0 Å². The number of rotatable bonds is 6. The van der Waals surface area contributed by atoms with Crippen molar-refractivity contribution in [2.24, 2.45) is 0 Å². The molecule has 5 heteroatoms. The summed E-state index contributed by atoms with van der Waals surface area (Å²) in [7, 11) is 0. The van der Waals surface area contributed by atoms with E-state index in [0.717, 1.165) is 23.8 Å². The maximum absolute atomic E-state index is 10.6. The van der Waals surface area contributed by atoms with Gasteiger partial charge in [-0.3, -0.25) is 4.79 Å². The number of aliphatic carboxylic acids is 1. The number of carboxylic acids is 1. The van der Waals surface area contributed by atoms with Crippen molar-refractivity contribution in [2.75, 3.05) is 18.0 Å². The monoisotopic (exact) mass is 242 g/mol. The average Bonchev–Trinajstić information content (AvgIpc) is 2.53. The number of thiazole rings is 1. The maximum atomic E-state index is 10.6. The molecule has 0 radical (unpaired) electrons. The lowest BCUT2D eigenvalue weighted by Gasteiger charge is -2.19. The van der Waals surface area contributed by atoms with Crippen molar-refractivity contribution in [1.82, 2.24) is 4.98 Å². The Hall–Kier alpha value is -1.10. The Morgan fingerprint density at radius 1 is 1.44 bits per heavy atom. The number of carbonyl (C=O) groups is 1. The van der Waals surface area contributed by atoms with Crippen molar-refractivity contribution < 1.29 is 9.90 Å². The molecule has 1 heterocycles. The summed E-state index contributed by atoms with van der Waals surface area (Å²) in [6, 6.07) is 0. The van der Waals surface area contributed by atoms with Gasteiger partial charge in [-0.25, -0.2) is 4.98 Å². The molecule has 0 aromatic carbocycles. The molecule has 0 aliphatic rings. The quantitative estimate of drug-likeness (QED) is 0.832. The highest BCUT2D eigenvalue weighted by Crippen LogP contribution is 2.25. The van der Waals surface area contributed by atoms with Crippen molar-refractivity contribution >= 4 is 22.4 Å². The molecule has 0 spiro atoms. The van der Waals surface area contributed by atoms with Crippen LogP contribution in [0.25, 0.3) is 0 Å². The van der Waals surface area contributed by atoms with Crippen LogP contribution < -0.4 is 4.90 Å². The van der Waals surface area contributed by atoms with Crippen molar-refractivity contribution in [3.05, 3.63) is 10.6 Å². The predicted molar refractivity (Wildman–Crippen MR) is 66.3 cm³/mol. The fourth-order valence-electron chi connectivity index (χ4n) is 1.39. The molecule has 0 bridgehead atoms. The summed E-state index contributed by atoms with van der Waals surface area (Å²) in [6.45, 7) is 7.50. The molecule has 0 fully saturated rings. The zero-order valence-corrected chi connectivity index (χ0v) is 10.8. The van der Waals surface area contributed by atoms with Crippen molar-refractivity contribution in [1.29, 1.82) is 0 Å². The first kappa shape index (κ1) is 13.0. The van der Waals surface area contributed by atoms with Gasteiger partial charge in [0.15, 0.2) is 5.13 Å². The smallest absolute Gasteiger partial charge is 0.305 e. The van der Waals surface area contributed by atoms with E-state index < -0.39 is 5.97 Å². The molecule has 0 saturated carbocycles. The lowest BCUT2D eigenvalue weighted by Crippen LogP contribution is -2.26. The molecule has 90 valence electrons. The fraction of sp³-hybridized carbons (Fsp3) is 0.636. The minimum absolute atomic E-state index is 0.164. The van der Waals surface area contributed by atoms with Crippen LogP contribution in [0.3, 0.4) is 0 Å². The molecule has 0 saturated heterocycles. The Balaban J connectivity index is 2.72. The summed E-state index contributed by atoms with van der Waals surface area (Å²) in [6.07, 6.45) is 1.16. The van der Waals surface area contributed by atoms with Gasteiger partial charge in [-0.15, -0.1) is 11.3 Å². The van der Waals surface area contributed by atoms with Gasteiger partial charge >= 0.3 is 5.97 Å². The molecule has 1 rings (SSSR count). The zero-order chi connectivity index (χ0) is 12.1. The summed E-state index contributed by atoms with van der Waals surface area (Å²) in [5, 5.41) is 9.64. The second-order valence-corrected chi connectivity index (χ2v) is 4.95. The highest BCUT2D eigenvalue weighted by Gasteiger charge is 2.12. The molecule has 1 aromatic rings. The largest absolute Gasteiger partial charge is 0.481 e. The molecule has 1 N–H and O–H groups in total. The molecule has 4 nitrogen and oxygen atoms in total. The predicted octanol–water partition coefficient (Wildman–Crippen LogP) is 2.45. The topological polar surface area (TPSA) is 53.4 Å². The van der Waals surface area contributed by atoms with Crippen LogP contribution in [0, 0.1) is 13.8 Å². The Morgan fingerprint density at radius 3 is 2.56 bits per heavy atom. The molecule has 1 aromatic heterocycles. The first-order valence-corrected chi connectivity index (χ1v) is 6.27. The Morgan fingerprint density at radius 2 is 2.12 bits per heavy atom. The van der Waals surface area contributed by atoms with Gasteiger partial charge in [0.1, 0.15) is 0 Å². The SMILES string of the molecule is CCCN(CCC(=O)O)c1nc(C)c(C)s1. The molecule has 0 atom stereocenters. The van der Waals surface area contributed by atoms with Crippen LogP contribution >= 0.6 is 11.3 Å². The van der Waals surface area contributed by atoms with Crippen LogP contribution in [-0.4, -0.2) is 29.1 Å².